The number of hydrogen-bond donors (Lipinski definition) is 1. The number of aromatic nitrogens is 2. The SMILES string of the molecule is Cc1cc(COc2c(C)nn(C)c2C)oc1C(=O)O. The van der Waals surface area contributed by atoms with E-state index in [0.717, 1.165) is 11.4 Å². The summed E-state index contributed by atoms with van der Waals surface area (Å²) in [6.07, 6.45) is 0. The van der Waals surface area contributed by atoms with Crippen LogP contribution in [0.2, 0.25) is 0 Å². The molecule has 0 saturated carbocycles. The van der Waals surface area contributed by atoms with Gasteiger partial charge in [-0.15, -0.1) is 0 Å². The third kappa shape index (κ3) is 2.47. The highest BCUT2D eigenvalue weighted by molar-refractivity contribution is 5.86. The quantitative estimate of drug-likeness (QED) is 0.916. The topological polar surface area (TPSA) is 77.5 Å². The van der Waals surface area contributed by atoms with Crippen LogP contribution in [0.25, 0.3) is 0 Å². The molecule has 0 aliphatic rings. The Balaban J connectivity index is 2.15. The van der Waals surface area contributed by atoms with Gasteiger partial charge >= 0.3 is 5.97 Å². The van der Waals surface area contributed by atoms with Gasteiger partial charge in [0.25, 0.3) is 0 Å². The van der Waals surface area contributed by atoms with Crippen molar-refractivity contribution in [3.63, 3.8) is 0 Å². The van der Waals surface area contributed by atoms with Crippen molar-refractivity contribution in [2.45, 2.75) is 27.4 Å². The van der Waals surface area contributed by atoms with Crippen molar-refractivity contribution >= 4 is 5.97 Å². The van der Waals surface area contributed by atoms with Gasteiger partial charge in [-0.05, 0) is 26.8 Å². The second kappa shape index (κ2) is 4.79. The third-order valence-electron chi connectivity index (χ3n) is 2.96. The van der Waals surface area contributed by atoms with Crippen LogP contribution in [0, 0.1) is 20.8 Å². The molecule has 0 spiro atoms. The first-order valence-corrected chi connectivity index (χ1v) is 5.85. The molecule has 6 nitrogen and oxygen atoms in total. The van der Waals surface area contributed by atoms with E-state index in [4.69, 9.17) is 14.3 Å². The Hall–Kier alpha value is -2.24. The molecule has 0 atom stereocenters. The van der Waals surface area contributed by atoms with Gasteiger partial charge in [-0.2, -0.15) is 5.10 Å². The summed E-state index contributed by atoms with van der Waals surface area (Å²) in [5, 5.41) is 13.1. The van der Waals surface area contributed by atoms with Crippen LogP contribution in [0.15, 0.2) is 10.5 Å². The molecule has 2 heterocycles. The Morgan fingerprint density at radius 1 is 1.47 bits per heavy atom. The van der Waals surface area contributed by atoms with Crippen molar-refractivity contribution < 1.29 is 19.1 Å². The normalized spacial score (nSPS) is 10.7. The molecular weight excluding hydrogens is 248 g/mol. The lowest BCUT2D eigenvalue weighted by Gasteiger charge is -2.04. The van der Waals surface area contributed by atoms with Crippen LogP contribution in [0.3, 0.4) is 0 Å². The van der Waals surface area contributed by atoms with Gasteiger partial charge in [0.05, 0.1) is 5.69 Å². The summed E-state index contributed by atoms with van der Waals surface area (Å²) < 4.78 is 12.6. The molecule has 0 radical (unpaired) electrons. The number of hydrogen-bond acceptors (Lipinski definition) is 4. The molecule has 0 aliphatic heterocycles. The highest BCUT2D eigenvalue weighted by Gasteiger charge is 2.16. The molecule has 0 aliphatic carbocycles. The Labute approximate surface area is 110 Å². The van der Waals surface area contributed by atoms with E-state index >= 15 is 0 Å². The summed E-state index contributed by atoms with van der Waals surface area (Å²) in [7, 11) is 1.84. The first kappa shape index (κ1) is 13.2. The van der Waals surface area contributed by atoms with Crippen LogP contribution in [-0.2, 0) is 13.7 Å². The van der Waals surface area contributed by atoms with Crippen molar-refractivity contribution in [1.82, 2.24) is 9.78 Å². The monoisotopic (exact) mass is 264 g/mol. The number of nitrogens with zero attached hydrogens (tertiary/aromatic N) is 2. The number of furan rings is 1. The summed E-state index contributed by atoms with van der Waals surface area (Å²) in [6.45, 7) is 5.64. The van der Waals surface area contributed by atoms with E-state index in [1.165, 1.54) is 0 Å². The average Bonchev–Trinajstić information content (AvgIpc) is 2.80. The zero-order chi connectivity index (χ0) is 14.2. The summed E-state index contributed by atoms with van der Waals surface area (Å²) in [6, 6.07) is 1.67. The van der Waals surface area contributed by atoms with E-state index in [-0.39, 0.29) is 12.4 Å². The van der Waals surface area contributed by atoms with Gasteiger partial charge in [-0.3, -0.25) is 4.68 Å². The second-order valence-electron chi connectivity index (χ2n) is 4.44. The van der Waals surface area contributed by atoms with E-state index in [9.17, 15) is 4.79 Å². The average molecular weight is 264 g/mol. The number of carboxylic acids is 1. The first-order valence-electron chi connectivity index (χ1n) is 5.85. The fourth-order valence-corrected chi connectivity index (χ4v) is 1.94. The molecular formula is C13H16N2O4. The second-order valence-corrected chi connectivity index (χ2v) is 4.44. The number of ether oxygens (including phenoxy) is 1. The first-order chi connectivity index (χ1) is 8.90. The lowest BCUT2D eigenvalue weighted by atomic mass is 10.2. The molecule has 0 saturated heterocycles. The zero-order valence-corrected chi connectivity index (χ0v) is 11.4. The Kier molecular flexibility index (Phi) is 3.33. The number of carboxylic acid groups (broad SMARTS) is 1. The highest BCUT2D eigenvalue weighted by atomic mass is 16.5. The molecule has 0 aromatic carbocycles. The zero-order valence-electron chi connectivity index (χ0n) is 11.4. The minimum atomic E-state index is -1.07. The van der Waals surface area contributed by atoms with Crippen molar-refractivity contribution in [3.8, 4) is 5.75 Å². The molecule has 2 aromatic rings. The number of rotatable bonds is 4. The molecule has 2 rings (SSSR count). The highest BCUT2D eigenvalue weighted by Crippen LogP contribution is 2.23. The fraction of sp³-hybridized carbons (Fsp3) is 0.385. The van der Waals surface area contributed by atoms with Crippen molar-refractivity contribution in [2.75, 3.05) is 0 Å². The van der Waals surface area contributed by atoms with Gasteiger partial charge in [-0.25, -0.2) is 4.79 Å². The van der Waals surface area contributed by atoms with E-state index in [2.05, 4.69) is 5.10 Å². The maximum absolute atomic E-state index is 10.9. The smallest absolute Gasteiger partial charge is 0.372 e. The van der Waals surface area contributed by atoms with Crippen LogP contribution in [0.1, 0.15) is 33.3 Å². The maximum Gasteiger partial charge on any atom is 0.372 e. The lowest BCUT2D eigenvalue weighted by molar-refractivity contribution is 0.0657. The van der Waals surface area contributed by atoms with E-state index in [1.807, 2.05) is 20.9 Å². The molecule has 6 heteroatoms. The molecule has 0 amide bonds. The number of aryl methyl sites for hydroxylation is 3. The largest absolute Gasteiger partial charge is 0.482 e. The van der Waals surface area contributed by atoms with Gasteiger partial charge < -0.3 is 14.3 Å². The van der Waals surface area contributed by atoms with Crippen molar-refractivity contribution in [1.29, 1.82) is 0 Å². The summed E-state index contributed by atoms with van der Waals surface area (Å²) >= 11 is 0. The predicted molar refractivity (Wildman–Crippen MR) is 67.4 cm³/mol. The van der Waals surface area contributed by atoms with Gasteiger partial charge in [0.2, 0.25) is 5.76 Å². The number of carbonyl (C=O) groups is 1. The molecule has 102 valence electrons. The third-order valence-corrected chi connectivity index (χ3v) is 2.96. The minimum Gasteiger partial charge on any atom is -0.482 e. The molecule has 0 fully saturated rings. The lowest BCUT2D eigenvalue weighted by Crippen LogP contribution is -1.97. The Morgan fingerprint density at radius 3 is 2.63 bits per heavy atom. The van der Waals surface area contributed by atoms with Crippen LogP contribution < -0.4 is 4.74 Å². The molecule has 0 unspecified atom stereocenters. The van der Waals surface area contributed by atoms with Gasteiger partial charge in [0, 0.05) is 12.6 Å². The standard InChI is InChI=1S/C13H16N2O4/c1-7-5-10(19-11(7)13(16)17)6-18-12-8(2)14-15(4)9(12)3/h5H,6H2,1-4H3,(H,16,17). The van der Waals surface area contributed by atoms with E-state index in [0.29, 0.717) is 17.1 Å². The summed E-state index contributed by atoms with van der Waals surface area (Å²) in [4.78, 5) is 10.9. The fourth-order valence-electron chi connectivity index (χ4n) is 1.94. The van der Waals surface area contributed by atoms with Crippen LogP contribution >= 0.6 is 0 Å². The molecule has 19 heavy (non-hydrogen) atoms. The van der Waals surface area contributed by atoms with Gasteiger partial charge in [0.15, 0.2) is 5.75 Å². The van der Waals surface area contributed by atoms with Crippen molar-refractivity contribution in [2.24, 2.45) is 7.05 Å². The van der Waals surface area contributed by atoms with E-state index < -0.39 is 5.97 Å². The van der Waals surface area contributed by atoms with Crippen LogP contribution in [-0.4, -0.2) is 20.9 Å². The van der Waals surface area contributed by atoms with Crippen molar-refractivity contribution in [3.05, 3.63) is 34.5 Å². The molecule has 2 aromatic heterocycles. The predicted octanol–water partition coefficient (Wildman–Crippen LogP) is 2.22. The minimum absolute atomic E-state index is 0.0433. The van der Waals surface area contributed by atoms with E-state index in [1.54, 1.807) is 17.7 Å². The summed E-state index contributed by atoms with van der Waals surface area (Å²) in [5.74, 6) is 0.0710. The molecule has 1 N–H and O–H groups in total. The maximum atomic E-state index is 10.9. The number of aromatic carboxylic acids is 1. The van der Waals surface area contributed by atoms with Gasteiger partial charge in [-0.1, -0.05) is 0 Å². The van der Waals surface area contributed by atoms with Crippen LogP contribution in [0.4, 0.5) is 0 Å². The molecule has 0 bridgehead atoms. The Morgan fingerprint density at radius 2 is 2.16 bits per heavy atom. The van der Waals surface area contributed by atoms with Crippen LogP contribution in [0.5, 0.6) is 5.75 Å². The van der Waals surface area contributed by atoms with Gasteiger partial charge in [0.1, 0.15) is 18.1 Å². The Bertz CT molecular complexity index is 625. The summed E-state index contributed by atoms with van der Waals surface area (Å²) in [5.41, 5.74) is 2.30.